The fourth-order valence-corrected chi connectivity index (χ4v) is 3.78. The van der Waals surface area contributed by atoms with Crippen LogP contribution in [-0.4, -0.2) is 34.8 Å². The average Bonchev–Trinajstić information content (AvgIpc) is 3.16. The van der Waals surface area contributed by atoms with E-state index in [9.17, 15) is 9.59 Å². The number of fused-ring (bicyclic) bond motifs is 1. The number of rotatable bonds is 7. The van der Waals surface area contributed by atoms with Gasteiger partial charge in [0, 0.05) is 22.9 Å². The summed E-state index contributed by atoms with van der Waals surface area (Å²) in [7, 11) is 0. The van der Waals surface area contributed by atoms with Gasteiger partial charge in [0.25, 0.3) is 5.91 Å². The van der Waals surface area contributed by atoms with Gasteiger partial charge in [0.15, 0.2) is 18.1 Å². The van der Waals surface area contributed by atoms with Crippen molar-refractivity contribution in [2.45, 2.75) is 19.3 Å². The molecule has 0 saturated carbocycles. The van der Waals surface area contributed by atoms with Crippen LogP contribution in [-0.2, 0) is 9.59 Å². The number of aromatic nitrogens is 2. The molecule has 31 heavy (non-hydrogen) atoms. The van der Waals surface area contributed by atoms with Gasteiger partial charge in [0.2, 0.25) is 5.91 Å². The second kappa shape index (κ2) is 8.69. The number of anilines is 1. The smallest absolute Gasteiger partial charge is 0.255 e. The number of halogens is 1. The van der Waals surface area contributed by atoms with Crippen molar-refractivity contribution in [1.29, 1.82) is 0 Å². The highest BCUT2D eigenvalue weighted by molar-refractivity contribution is 6.30. The van der Waals surface area contributed by atoms with E-state index < -0.39 is 5.91 Å². The molecule has 3 aromatic rings. The molecule has 1 atom stereocenters. The number of carbonyl (C=O) groups excluding carboxylic acids is 2. The Morgan fingerprint density at radius 3 is 2.84 bits per heavy atom. The number of hydrogen-bond donors (Lipinski definition) is 2. The fraction of sp³-hybridized carbons (Fsp3) is 0.227. The van der Waals surface area contributed by atoms with Gasteiger partial charge < -0.3 is 20.5 Å². The minimum atomic E-state index is -0.575. The molecular weight excluding hydrogens is 420 g/mol. The molecule has 160 valence electrons. The lowest BCUT2D eigenvalue weighted by Crippen LogP contribution is -2.24. The Balaban J connectivity index is 1.72. The maximum Gasteiger partial charge on any atom is 0.255 e. The van der Waals surface area contributed by atoms with Crippen LogP contribution in [0.5, 0.6) is 11.5 Å². The number of primary amides is 1. The highest BCUT2D eigenvalue weighted by atomic mass is 35.5. The van der Waals surface area contributed by atoms with E-state index in [0.29, 0.717) is 28.9 Å². The Hall–Kier alpha value is -3.52. The van der Waals surface area contributed by atoms with Crippen molar-refractivity contribution in [2.75, 3.05) is 18.5 Å². The summed E-state index contributed by atoms with van der Waals surface area (Å²) < 4.78 is 12.8. The summed E-state index contributed by atoms with van der Waals surface area (Å²) in [4.78, 5) is 23.6. The van der Waals surface area contributed by atoms with Crippen molar-refractivity contribution in [2.24, 2.45) is 5.73 Å². The summed E-state index contributed by atoms with van der Waals surface area (Å²) in [6.07, 6.45) is 2.01. The molecule has 0 bridgehead atoms. The molecule has 0 fully saturated rings. The summed E-state index contributed by atoms with van der Waals surface area (Å²) in [5, 5.41) is 7.98. The Bertz CT molecular complexity index is 1140. The number of nitrogens with two attached hydrogens (primary N) is 1. The lowest BCUT2D eigenvalue weighted by atomic mass is 9.87. The first kappa shape index (κ1) is 20.7. The molecule has 0 aliphatic carbocycles. The summed E-state index contributed by atoms with van der Waals surface area (Å²) >= 11 is 6.12. The number of hydrogen-bond acceptors (Lipinski definition) is 5. The van der Waals surface area contributed by atoms with Crippen molar-refractivity contribution in [3.05, 3.63) is 64.8 Å². The second-order valence-corrected chi connectivity index (χ2v) is 7.48. The van der Waals surface area contributed by atoms with E-state index in [1.807, 2.05) is 31.2 Å². The van der Waals surface area contributed by atoms with Gasteiger partial charge in [-0.2, -0.15) is 5.10 Å². The molecule has 9 heteroatoms. The van der Waals surface area contributed by atoms with Crippen LogP contribution < -0.4 is 20.5 Å². The van der Waals surface area contributed by atoms with Crippen LogP contribution in [0.3, 0.4) is 0 Å². The van der Waals surface area contributed by atoms with Crippen LogP contribution in [0, 0.1) is 0 Å². The Morgan fingerprint density at radius 1 is 1.26 bits per heavy atom. The van der Waals surface area contributed by atoms with Crippen LogP contribution in [0.25, 0.3) is 5.69 Å². The molecule has 0 unspecified atom stereocenters. The van der Waals surface area contributed by atoms with Crippen LogP contribution in [0.15, 0.2) is 48.7 Å². The first-order chi connectivity index (χ1) is 15.0. The number of nitrogens with zero attached hydrogens (tertiary/aromatic N) is 2. The molecule has 1 aromatic heterocycles. The average molecular weight is 441 g/mol. The third-order valence-corrected chi connectivity index (χ3v) is 5.15. The summed E-state index contributed by atoms with van der Waals surface area (Å²) in [5.41, 5.74) is 7.68. The van der Waals surface area contributed by atoms with Gasteiger partial charge in [-0.05, 0) is 42.8 Å². The molecule has 1 aliphatic rings. The Kier molecular flexibility index (Phi) is 5.81. The molecule has 2 aromatic carbocycles. The number of carbonyl (C=O) groups is 2. The molecule has 8 nitrogen and oxygen atoms in total. The Labute approximate surface area is 183 Å². The van der Waals surface area contributed by atoms with Gasteiger partial charge in [0.1, 0.15) is 5.82 Å². The lowest BCUT2D eigenvalue weighted by molar-refractivity contribution is -0.120. The van der Waals surface area contributed by atoms with Gasteiger partial charge in [-0.25, -0.2) is 4.68 Å². The van der Waals surface area contributed by atoms with Crippen molar-refractivity contribution >= 4 is 29.2 Å². The van der Waals surface area contributed by atoms with E-state index in [4.69, 9.17) is 26.8 Å². The largest absolute Gasteiger partial charge is 0.490 e. The fourth-order valence-electron chi connectivity index (χ4n) is 3.60. The first-order valence-corrected chi connectivity index (χ1v) is 10.2. The predicted octanol–water partition coefficient (Wildman–Crippen LogP) is 3.26. The van der Waals surface area contributed by atoms with E-state index >= 15 is 0 Å². The van der Waals surface area contributed by atoms with E-state index in [2.05, 4.69) is 10.4 Å². The molecule has 2 heterocycles. The van der Waals surface area contributed by atoms with E-state index in [1.54, 1.807) is 29.1 Å². The zero-order valence-corrected chi connectivity index (χ0v) is 17.6. The maximum atomic E-state index is 12.5. The summed E-state index contributed by atoms with van der Waals surface area (Å²) in [6, 6.07) is 12.6. The molecule has 4 rings (SSSR count). The van der Waals surface area contributed by atoms with Crippen molar-refractivity contribution in [3.63, 3.8) is 0 Å². The summed E-state index contributed by atoms with van der Waals surface area (Å²) in [6.45, 7) is 2.02. The first-order valence-electron chi connectivity index (χ1n) is 9.77. The minimum Gasteiger partial charge on any atom is -0.490 e. The third kappa shape index (κ3) is 4.34. The van der Waals surface area contributed by atoms with Gasteiger partial charge in [-0.3, -0.25) is 9.59 Å². The van der Waals surface area contributed by atoms with Crippen LogP contribution in [0.4, 0.5) is 5.82 Å². The SMILES string of the molecule is CCOc1cc([C@@H]2CC(=O)Nc3c2cnn3-c2cccc(Cl)c2)ccc1OCC(N)=O. The van der Waals surface area contributed by atoms with Crippen molar-refractivity contribution in [3.8, 4) is 17.2 Å². The van der Waals surface area contributed by atoms with Gasteiger partial charge in [-0.15, -0.1) is 0 Å². The molecular formula is C22H21ClN4O4. The van der Waals surface area contributed by atoms with E-state index in [-0.39, 0.29) is 24.9 Å². The van der Waals surface area contributed by atoms with Gasteiger partial charge in [0.05, 0.1) is 18.5 Å². The predicted molar refractivity (Wildman–Crippen MR) is 116 cm³/mol. The highest BCUT2D eigenvalue weighted by Crippen LogP contribution is 2.41. The number of ether oxygens (including phenoxy) is 2. The number of amides is 2. The third-order valence-electron chi connectivity index (χ3n) is 4.91. The molecule has 1 aliphatic heterocycles. The molecule has 2 amide bonds. The van der Waals surface area contributed by atoms with Crippen molar-refractivity contribution in [1.82, 2.24) is 9.78 Å². The van der Waals surface area contributed by atoms with Crippen LogP contribution in [0.2, 0.25) is 5.02 Å². The molecule has 0 radical (unpaired) electrons. The van der Waals surface area contributed by atoms with E-state index in [0.717, 1.165) is 16.8 Å². The Morgan fingerprint density at radius 2 is 2.10 bits per heavy atom. The zero-order chi connectivity index (χ0) is 22.0. The number of benzene rings is 2. The standard InChI is InChI=1S/C22H21ClN4O4/c1-2-30-19-8-13(6-7-18(19)31-12-20(24)28)16-10-21(29)26-22-17(16)11-25-27(22)15-5-3-4-14(23)9-15/h3-9,11,16H,2,10,12H2,1H3,(H2,24,28)(H,26,29)/t16-/m0/s1. The highest BCUT2D eigenvalue weighted by Gasteiger charge is 2.31. The zero-order valence-electron chi connectivity index (χ0n) is 16.8. The van der Waals surface area contributed by atoms with Gasteiger partial charge in [-0.1, -0.05) is 23.7 Å². The van der Waals surface area contributed by atoms with E-state index in [1.165, 1.54) is 0 Å². The minimum absolute atomic E-state index is 0.117. The lowest BCUT2D eigenvalue weighted by Gasteiger charge is -2.24. The second-order valence-electron chi connectivity index (χ2n) is 7.04. The maximum absolute atomic E-state index is 12.5. The van der Waals surface area contributed by atoms with Gasteiger partial charge >= 0.3 is 0 Å². The molecule has 3 N–H and O–H groups in total. The number of nitrogens with one attached hydrogen (secondary N) is 1. The molecule has 0 saturated heterocycles. The van der Waals surface area contributed by atoms with Crippen molar-refractivity contribution < 1.29 is 19.1 Å². The summed E-state index contributed by atoms with van der Waals surface area (Å²) in [5.74, 6) is 0.592. The topological polar surface area (TPSA) is 108 Å². The molecule has 0 spiro atoms. The monoisotopic (exact) mass is 440 g/mol. The van der Waals surface area contributed by atoms with Crippen LogP contribution in [0.1, 0.15) is 30.4 Å². The van der Waals surface area contributed by atoms with Crippen LogP contribution >= 0.6 is 11.6 Å². The quantitative estimate of drug-likeness (QED) is 0.586. The normalized spacial score (nSPS) is 15.2.